The molecule has 1 aliphatic heterocycles. The number of carbonyl (C=O) groups excluding carboxylic acids is 3. The van der Waals surface area contributed by atoms with E-state index in [1.54, 1.807) is 56.3 Å². The SMILES string of the molecule is CCOc1ccc(Cl)c(/C(O)=C2\C(=O)C(=O)N(c3cccc(C(=O)OC(C)C)c3)C2c2ccccn2)c1. The number of esters is 1. The molecule has 8 nitrogen and oxygen atoms in total. The number of aliphatic hydroxyl groups is 1. The van der Waals surface area contributed by atoms with Gasteiger partial charge in [-0.25, -0.2) is 4.79 Å². The number of carbonyl (C=O) groups is 3. The van der Waals surface area contributed by atoms with Gasteiger partial charge in [-0.15, -0.1) is 0 Å². The van der Waals surface area contributed by atoms with E-state index in [9.17, 15) is 19.5 Å². The molecule has 0 aliphatic carbocycles. The lowest BCUT2D eigenvalue weighted by molar-refractivity contribution is -0.132. The van der Waals surface area contributed by atoms with E-state index in [2.05, 4.69) is 4.98 Å². The maximum Gasteiger partial charge on any atom is 0.338 e. The summed E-state index contributed by atoms with van der Waals surface area (Å²) in [6.07, 6.45) is 1.19. The summed E-state index contributed by atoms with van der Waals surface area (Å²) in [6, 6.07) is 14.9. The summed E-state index contributed by atoms with van der Waals surface area (Å²) in [7, 11) is 0. The molecule has 1 aliphatic rings. The Bertz CT molecular complexity index is 1390. The highest BCUT2D eigenvalue weighted by Crippen LogP contribution is 2.43. The minimum absolute atomic E-state index is 0.140. The third-order valence-electron chi connectivity index (χ3n) is 5.62. The summed E-state index contributed by atoms with van der Waals surface area (Å²) in [5, 5.41) is 11.5. The highest BCUT2D eigenvalue weighted by molar-refractivity contribution is 6.52. The molecule has 4 rings (SSSR count). The summed E-state index contributed by atoms with van der Waals surface area (Å²) < 4.78 is 10.8. The quantitative estimate of drug-likeness (QED) is 0.194. The van der Waals surface area contributed by atoms with Crippen LogP contribution < -0.4 is 9.64 Å². The van der Waals surface area contributed by atoms with Crippen molar-refractivity contribution < 1.29 is 29.0 Å². The Morgan fingerprint density at radius 1 is 1.11 bits per heavy atom. The molecule has 1 saturated heterocycles. The van der Waals surface area contributed by atoms with Gasteiger partial charge in [-0.1, -0.05) is 23.7 Å². The third kappa shape index (κ3) is 5.20. The van der Waals surface area contributed by atoms with Crippen LogP contribution in [0.3, 0.4) is 0 Å². The van der Waals surface area contributed by atoms with Crippen molar-refractivity contribution in [1.29, 1.82) is 0 Å². The van der Waals surface area contributed by atoms with Gasteiger partial charge in [0, 0.05) is 17.4 Å². The molecule has 0 radical (unpaired) electrons. The van der Waals surface area contributed by atoms with Crippen LogP contribution in [0.15, 0.2) is 72.4 Å². The lowest BCUT2D eigenvalue weighted by Crippen LogP contribution is -2.30. The van der Waals surface area contributed by atoms with Gasteiger partial charge in [0.25, 0.3) is 11.7 Å². The Balaban J connectivity index is 1.90. The van der Waals surface area contributed by atoms with E-state index in [1.165, 1.54) is 29.3 Å². The topological polar surface area (TPSA) is 106 Å². The summed E-state index contributed by atoms with van der Waals surface area (Å²) in [5.41, 5.74) is 0.773. The van der Waals surface area contributed by atoms with Gasteiger partial charge in [0.2, 0.25) is 0 Å². The van der Waals surface area contributed by atoms with Gasteiger partial charge >= 0.3 is 5.97 Å². The predicted octanol–water partition coefficient (Wildman–Crippen LogP) is 5.33. The molecule has 2 heterocycles. The molecular weight excluding hydrogens is 496 g/mol. The maximum absolute atomic E-state index is 13.4. The van der Waals surface area contributed by atoms with Gasteiger partial charge in [-0.2, -0.15) is 0 Å². The number of anilines is 1. The minimum Gasteiger partial charge on any atom is -0.507 e. The predicted molar refractivity (Wildman–Crippen MR) is 139 cm³/mol. The molecule has 1 fully saturated rings. The standard InChI is InChI=1S/C28H25ClN2O6/c1-4-36-19-11-12-21(29)20(15-19)25(32)23-24(22-10-5-6-13-30-22)31(27(34)26(23)33)18-9-7-8-17(14-18)28(35)37-16(2)3/h5-16,24,32H,4H2,1-3H3/b25-23+. The number of nitrogens with zero attached hydrogens (tertiary/aromatic N) is 2. The van der Waals surface area contributed by atoms with Crippen molar-refractivity contribution >= 4 is 40.7 Å². The van der Waals surface area contributed by atoms with Crippen LogP contribution in [0, 0.1) is 0 Å². The molecule has 1 aromatic heterocycles. The van der Waals surface area contributed by atoms with E-state index in [0.717, 1.165) is 0 Å². The second kappa shape index (κ2) is 10.8. The lowest BCUT2D eigenvalue weighted by Gasteiger charge is -2.25. The average Bonchev–Trinajstić information content (AvgIpc) is 3.15. The van der Waals surface area contributed by atoms with Crippen molar-refractivity contribution in [3.63, 3.8) is 0 Å². The first-order chi connectivity index (χ1) is 17.7. The summed E-state index contributed by atoms with van der Waals surface area (Å²) in [5.74, 6) is -2.39. The van der Waals surface area contributed by atoms with Crippen LogP contribution >= 0.6 is 11.6 Å². The van der Waals surface area contributed by atoms with E-state index in [0.29, 0.717) is 18.1 Å². The number of ether oxygens (including phenoxy) is 2. The van der Waals surface area contributed by atoms with Gasteiger partial charge in [0.05, 0.1) is 34.6 Å². The van der Waals surface area contributed by atoms with Crippen molar-refractivity contribution in [3.8, 4) is 5.75 Å². The summed E-state index contributed by atoms with van der Waals surface area (Å²) in [4.78, 5) is 44.8. The second-order valence-corrected chi connectivity index (χ2v) is 8.91. The zero-order valence-electron chi connectivity index (χ0n) is 20.5. The highest BCUT2D eigenvalue weighted by atomic mass is 35.5. The number of benzene rings is 2. The number of ketones is 1. The second-order valence-electron chi connectivity index (χ2n) is 8.50. The maximum atomic E-state index is 13.4. The van der Waals surface area contributed by atoms with Crippen molar-refractivity contribution in [2.24, 2.45) is 0 Å². The number of rotatable bonds is 7. The van der Waals surface area contributed by atoms with Crippen molar-refractivity contribution in [2.75, 3.05) is 11.5 Å². The summed E-state index contributed by atoms with van der Waals surface area (Å²) in [6.45, 7) is 5.65. The van der Waals surface area contributed by atoms with Gasteiger partial charge in [-0.3, -0.25) is 19.5 Å². The minimum atomic E-state index is -1.08. The van der Waals surface area contributed by atoms with E-state index in [-0.39, 0.29) is 33.5 Å². The molecular formula is C28H25ClN2O6. The van der Waals surface area contributed by atoms with Crippen molar-refractivity contribution in [3.05, 3.63) is 94.3 Å². The fourth-order valence-electron chi connectivity index (χ4n) is 4.07. The number of pyridine rings is 1. The van der Waals surface area contributed by atoms with Crippen LogP contribution in [-0.4, -0.2) is 40.5 Å². The molecule has 37 heavy (non-hydrogen) atoms. The van der Waals surface area contributed by atoms with Gasteiger partial charge in [0.1, 0.15) is 17.6 Å². The smallest absolute Gasteiger partial charge is 0.338 e. The number of hydrogen-bond acceptors (Lipinski definition) is 7. The van der Waals surface area contributed by atoms with E-state index >= 15 is 0 Å². The highest BCUT2D eigenvalue weighted by Gasteiger charge is 2.48. The van der Waals surface area contributed by atoms with Crippen LogP contribution in [-0.2, 0) is 14.3 Å². The first-order valence-corrected chi connectivity index (χ1v) is 12.1. The van der Waals surface area contributed by atoms with E-state index in [1.807, 2.05) is 6.92 Å². The number of amides is 1. The summed E-state index contributed by atoms with van der Waals surface area (Å²) >= 11 is 6.37. The lowest BCUT2D eigenvalue weighted by atomic mass is 9.98. The van der Waals surface area contributed by atoms with E-state index in [4.69, 9.17) is 21.1 Å². The van der Waals surface area contributed by atoms with Gasteiger partial charge < -0.3 is 14.6 Å². The van der Waals surface area contributed by atoms with Gasteiger partial charge in [0.15, 0.2) is 0 Å². The monoisotopic (exact) mass is 520 g/mol. The Labute approximate surface area is 219 Å². The van der Waals surface area contributed by atoms with Crippen molar-refractivity contribution in [2.45, 2.75) is 32.9 Å². The zero-order valence-corrected chi connectivity index (χ0v) is 21.2. The van der Waals surface area contributed by atoms with Crippen LogP contribution in [0.25, 0.3) is 5.76 Å². The number of aromatic nitrogens is 1. The fraction of sp³-hybridized carbons (Fsp3) is 0.214. The normalized spacial score (nSPS) is 16.8. The molecule has 1 unspecified atom stereocenters. The first-order valence-electron chi connectivity index (χ1n) is 11.7. The molecule has 2 aromatic carbocycles. The van der Waals surface area contributed by atoms with Crippen LogP contribution in [0.1, 0.15) is 48.4 Å². The molecule has 1 N–H and O–H groups in total. The molecule has 1 atom stereocenters. The van der Waals surface area contributed by atoms with Gasteiger partial charge in [-0.05, 0) is 69.3 Å². The Hall–Kier alpha value is -4.17. The Morgan fingerprint density at radius 2 is 1.89 bits per heavy atom. The fourth-order valence-corrected chi connectivity index (χ4v) is 4.28. The largest absolute Gasteiger partial charge is 0.507 e. The number of hydrogen-bond donors (Lipinski definition) is 1. The third-order valence-corrected chi connectivity index (χ3v) is 5.95. The van der Waals surface area contributed by atoms with Crippen molar-refractivity contribution in [1.82, 2.24) is 4.98 Å². The number of aliphatic hydroxyl groups excluding tert-OH is 1. The van der Waals surface area contributed by atoms with E-state index < -0.39 is 29.5 Å². The van der Waals surface area contributed by atoms with Crippen LogP contribution in [0.4, 0.5) is 5.69 Å². The molecule has 3 aromatic rings. The van der Waals surface area contributed by atoms with Crippen LogP contribution in [0.5, 0.6) is 5.75 Å². The average molecular weight is 521 g/mol. The number of Topliss-reactive ketones (excluding diaryl/α,β-unsaturated/α-hetero) is 1. The molecule has 9 heteroatoms. The first kappa shape index (κ1) is 25.9. The molecule has 0 spiro atoms. The molecule has 0 bridgehead atoms. The molecule has 0 saturated carbocycles. The molecule has 190 valence electrons. The zero-order chi connectivity index (χ0) is 26.7. The van der Waals surface area contributed by atoms with Crippen LogP contribution in [0.2, 0.25) is 5.02 Å². The number of halogens is 1. The molecule has 1 amide bonds. The Morgan fingerprint density at radius 3 is 2.57 bits per heavy atom. The Kier molecular flexibility index (Phi) is 7.59.